The Morgan fingerprint density at radius 2 is 1.86 bits per heavy atom. The summed E-state index contributed by atoms with van der Waals surface area (Å²) in [7, 11) is 0. The normalized spacial score (nSPS) is 16.1. The van der Waals surface area contributed by atoms with Gasteiger partial charge in [-0.15, -0.1) is 0 Å². The monoisotopic (exact) mass is 401 g/mol. The van der Waals surface area contributed by atoms with Crippen LogP contribution in [0.1, 0.15) is 11.1 Å². The lowest BCUT2D eigenvalue weighted by atomic mass is 10.2. The summed E-state index contributed by atoms with van der Waals surface area (Å²) in [6.07, 6.45) is 5.38. The summed E-state index contributed by atoms with van der Waals surface area (Å²) in [5.74, 6) is -0.0746. The van der Waals surface area contributed by atoms with Gasteiger partial charge in [0.25, 0.3) is 0 Å². The third-order valence-corrected chi connectivity index (χ3v) is 3.71. The molecule has 2 aromatic rings. The van der Waals surface area contributed by atoms with Crippen molar-refractivity contribution in [3.63, 3.8) is 0 Å². The predicted octanol–water partition coefficient (Wildman–Crippen LogP) is 4.19. The molecule has 0 radical (unpaired) electrons. The molecule has 3 nitrogen and oxygen atoms in total. The van der Waals surface area contributed by atoms with E-state index in [4.69, 9.17) is 4.74 Å². The van der Waals surface area contributed by atoms with Crippen molar-refractivity contribution in [3.05, 3.63) is 87.1 Å². The van der Waals surface area contributed by atoms with Gasteiger partial charge in [0, 0.05) is 9.13 Å². The quantitative estimate of drug-likeness (QED) is 0.440. The second-order valence-electron chi connectivity index (χ2n) is 4.64. The molecule has 0 atom stereocenters. The number of ether oxygens (including phenoxy) is 1. The van der Waals surface area contributed by atoms with E-state index < -0.39 is 5.97 Å². The van der Waals surface area contributed by atoms with Crippen LogP contribution in [0.5, 0.6) is 0 Å². The molecule has 0 aromatic heterocycles. The average Bonchev–Trinajstić information content (AvgIpc) is 2.90. The van der Waals surface area contributed by atoms with E-state index in [-0.39, 0.29) is 0 Å². The first-order valence-corrected chi connectivity index (χ1v) is 7.80. The first-order chi connectivity index (χ1) is 10.7. The molecule has 22 heavy (non-hydrogen) atoms. The number of benzene rings is 2. The standard InChI is InChI=1S/C18H12INO2/c19-15-10-5-9-14(12-15)17-20-16(18(21)22-17)11-4-8-13-6-2-1-3-7-13/h1-12H. The molecule has 0 N–H and O–H groups in total. The van der Waals surface area contributed by atoms with E-state index in [0.717, 1.165) is 14.7 Å². The zero-order chi connectivity index (χ0) is 15.4. The Kier molecular flexibility index (Phi) is 4.48. The number of carbonyl (C=O) groups excluding carboxylic acids is 1. The van der Waals surface area contributed by atoms with Gasteiger partial charge in [-0.3, -0.25) is 0 Å². The molecule has 0 saturated heterocycles. The van der Waals surface area contributed by atoms with Gasteiger partial charge in [-0.1, -0.05) is 48.6 Å². The van der Waals surface area contributed by atoms with Crippen LogP contribution >= 0.6 is 22.6 Å². The number of halogens is 1. The van der Waals surface area contributed by atoms with Gasteiger partial charge in [-0.2, -0.15) is 0 Å². The van der Waals surface area contributed by atoms with Gasteiger partial charge in [-0.05, 0) is 52.4 Å². The van der Waals surface area contributed by atoms with Crippen molar-refractivity contribution >= 4 is 40.5 Å². The van der Waals surface area contributed by atoms with E-state index in [1.54, 1.807) is 12.2 Å². The average molecular weight is 401 g/mol. The molecule has 1 heterocycles. The van der Waals surface area contributed by atoms with E-state index in [2.05, 4.69) is 27.6 Å². The largest absolute Gasteiger partial charge is 0.402 e. The molecular weight excluding hydrogens is 389 g/mol. The maximum Gasteiger partial charge on any atom is 0.363 e. The van der Waals surface area contributed by atoms with E-state index >= 15 is 0 Å². The Morgan fingerprint density at radius 1 is 1.05 bits per heavy atom. The van der Waals surface area contributed by atoms with Crippen molar-refractivity contribution in [2.75, 3.05) is 0 Å². The number of rotatable bonds is 3. The predicted molar refractivity (Wildman–Crippen MR) is 95.3 cm³/mol. The second-order valence-corrected chi connectivity index (χ2v) is 5.88. The van der Waals surface area contributed by atoms with Crippen molar-refractivity contribution < 1.29 is 9.53 Å². The van der Waals surface area contributed by atoms with Gasteiger partial charge < -0.3 is 4.74 Å². The van der Waals surface area contributed by atoms with Crippen molar-refractivity contribution in [1.29, 1.82) is 0 Å². The number of hydrogen-bond acceptors (Lipinski definition) is 3. The first kappa shape index (κ1) is 14.7. The Hall–Kier alpha value is -2.21. The fourth-order valence-corrected chi connectivity index (χ4v) is 2.53. The Labute approximate surface area is 142 Å². The SMILES string of the molecule is O=C1OC(c2cccc(I)c2)=NC1=CC=Cc1ccccc1. The minimum atomic E-state index is -0.424. The lowest BCUT2D eigenvalue weighted by Crippen LogP contribution is -2.05. The zero-order valence-corrected chi connectivity index (χ0v) is 13.7. The molecule has 2 aromatic carbocycles. The van der Waals surface area contributed by atoms with E-state index in [1.807, 2.05) is 60.7 Å². The first-order valence-electron chi connectivity index (χ1n) is 6.72. The summed E-state index contributed by atoms with van der Waals surface area (Å²) in [4.78, 5) is 16.1. The van der Waals surface area contributed by atoms with Crippen LogP contribution in [0.4, 0.5) is 0 Å². The summed E-state index contributed by atoms with van der Waals surface area (Å²) in [5.41, 5.74) is 2.17. The van der Waals surface area contributed by atoms with E-state index in [0.29, 0.717) is 11.6 Å². The molecule has 1 aliphatic heterocycles. The Morgan fingerprint density at radius 3 is 2.64 bits per heavy atom. The maximum absolute atomic E-state index is 11.8. The minimum absolute atomic E-state index is 0.307. The summed E-state index contributed by atoms with van der Waals surface area (Å²) in [6, 6.07) is 17.5. The lowest BCUT2D eigenvalue weighted by molar-refractivity contribution is -0.130. The highest BCUT2D eigenvalue weighted by Gasteiger charge is 2.23. The van der Waals surface area contributed by atoms with Crippen molar-refractivity contribution in [1.82, 2.24) is 0 Å². The molecule has 1 aliphatic rings. The van der Waals surface area contributed by atoms with Gasteiger partial charge in [0.2, 0.25) is 5.90 Å². The van der Waals surface area contributed by atoms with Gasteiger partial charge >= 0.3 is 5.97 Å². The van der Waals surface area contributed by atoms with E-state index in [9.17, 15) is 4.79 Å². The highest BCUT2D eigenvalue weighted by molar-refractivity contribution is 14.1. The molecule has 0 aliphatic carbocycles. The Balaban J connectivity index is 1.81. The lowest BCUT2D eigenvalue weighted by Gasteiger charge is -1.99. The fraction of sp³-hybridized carbons (Fsp3) is 0. The van der Waals surface area contributed by atoms with Gasteiger partial charge in [0.1, 0.15) is 0 Å². The van der Waals surface area contributed by atoms with Crippen LogP contribution in [-0.4, -0.2) is 11.9 Å². The van der Waals surface area contributed by atoms with Crippen LogP contribution in [0.25, 0.3) is 6.08 Å². The molecule has 3 rings (SSSR count). The summed E-state index contributed by atoms with van der Waals surface area (Å²) >= 11 is 2.21. The smallest absolute Gasteiger partial charge is 0.363 e. The van der Waals surface area contributed by atoms with Crippen molar-refractivity contribution in [3.8, 4) is 0 Å². The summed E-state index contributed by atoms with van der Waals surface area (Å²) in [6.45, 7) is 0. The number of esters is 1. The fourth-order valence-electron chi connectivity index (χ4n) is 1.98. The molecule has 0 spiro atoms. The number of allylic oxidation sites excluding steroid dienone is 2. The zero-order valence-electron chi connectivity index (χ0n) is 11.6. The summed E-state index contributed by atoms with van der Waals surface area (Å²) < 4.78 is 6.29. The van der Waals surface area contributed by atoms with Crippen LogP contribution in [0.2, 0.25) is 0 Å². The third kappa shape index (κ3) is 3.51. The van der Waals surface area contributed by atoms with Crippen molar-refractivity contribution in [2.24, 2.45) is 4.99 Å². The number of nitrogens with zero attached hydrogens (tertiary/aromatic N) is 1. The number of carbonyl (C=O) groups is 1. The number of hydrogen-bond donors (Lipinski definition) is 0. The minimum Gasteiger partial charge on any atom is -0.402 e. The van der Waals surface area contributed by atoms with Crippen LogP contribution in [0, 0.1) is 3.57 Å². The second kappa shape index (κ2) is 6.70. The van der Waals surface area contributed by atoms with E-state index in [1.165, 1.54) is 0 Å². The number of aliphatic imine (C=N–C) groups is 1. The van der Waals surface area contributed by atoms with Gasteiger partial charge in [0.05, 0.1) is 0 Å². The molecular formula is C18H12INO2. The van der Waals surface area contributed by atoms with Crippen LogP contribution in [-0.2, 0) is 9.53 Å². The highest BCUT2D eigenvalue weighted by Crippen LogP contribution is 2.18. The molecule has 0 fully saturated rings. The van der Waals surface area contributed by atoms with Crippen molar-refractivity contribution in [2.45, 2.75) is 0 Å². The van der Waals surface area contributed by atoms with Gasteiger partial charge in [0.15, 0.2) is 5.70 Å². The molecule has 0 unspecified atom stereocenters. The topological polar surface area (TPSA) is 38.7 Å². The van der Waals surface area contributed by atoms with Crippen LogP contribution < -0.4 is 0 Å². The Bertz CT molecular complexity index is 792. The molecule has 0 saturated carbocycles. The van der Waals surface area contributed by atoms with Crippen LogP contribution in [0.3, 0.4) is 0 Å². The molecule has 4 heteroatoms. The third-order valence-electron chi connectivity index (χ3n) is 3.03. The van der Waals surface area contributed by atoms with Crippen LogP contribution in [0.15, 0.2) is 77.4 Å². The molecule has 108 valence electrons. The molecule has 0 bridgehead atoms. The summed E-state index contributed by atoms with van der Waals surface area (Å²) in [5, 5.41) is 0. The highest BCUT2D eigenvalue weighted by atomic mass is 127. The number of cyclic esters (lactones) is 1. The molecule has 0 amide bonds. The van der Waals surface area contributed by atoms with Gasteiger partial charge in [-0.25, -0.2) is 9.79 Å². The maximum atomic E-state index is 11.8.